The summed E-state index contributed by atoms with van der Waals surface area (Å²) in [6, 6.07) is -0.806. The highest BCUT2D eigenvalue weighted by Gasteiger charge is 2.44. The molecule has 1 fully saturated rings. The maximum atomic E-state index is 12.9. The lowest BCUT2D eigenvalue weighted by Crippen LogP contribution is -2.60. The van der Waals surface area contributed by atoms with Crippen LogP contribution in [0, 0.1) is 0 Å². The van der Waals surface area contributed by atoms with E-state index in [4.69, 9.17) is 9.47 Å². The van der Waals surface area contributed by atoms with E-state index in [0.717, 1.165) is 70.6 Å². The van der Waals surface area contributed by atoms with Crippen molar-refractivity contribution in [1.82, 2.24) is 5.32 Å². The molecule has 0 spiro atoms. The lowest BCUT2D eigenvalue weighted by molar-refractivity contribution is -0.302. The maximum absolute atomic E-state index is 12.9. The molecule has 0 aromatic rings. The Balaban J connectivity index is 2.28. The van der Waals surface area contributed by atoms with E-state index >= 15 is 0 Å². The van der Waals surface area contributed by atoms with Gasteiger partial charge in [0.25, 0.3) is 0 Å². The van der Waals surface area contributed by atoms with E-state index in [1.807, 2.05) is 6.08 Å². The molecule has 0 aliphatic carbocycles. The van der Waals surface area contributed by atoms with E-state index in [0.29, 0.717) is 6.42 Å². The monoisotopic (exact) mass is 776 g/mol. The summed E-state index contributed by atoms with van der Waals surface area (Å²) in [7, 11) is 0. The van der Waals surface area contributed by atoms with Gasteiger partial charge in [-0.05, 0) is 57.8 Å². The molecule has 318 valence electrons. The first kappa shape index (κ1) is 50.9. The van der Waals surface area contributed by atoms with Gasteiger partial charge in [-0.15, -0.1) is 0 Å². The SMILES string of the molecule is CC/C=C\C/C=C\C/C=C\C/C=C\CCCCCCCCCCCCC(=O)NC(COC1OC(CO)C(O)C(O)C1O)C(O)/C=C/CCCCCCCCC. The van der Waals surface area contributed by atoms with Crippen molar-refractivity contribution < 1.29 is 39.8 Å². The molecule has 7 atom stereocenters. The van der Waals surface area contributed by atoms with Gasteiger partial charge in [0, 0.05) is 6.42 Å². The number of nitrogens with one attached hydrogen (secondary N) is 1. The van der Waals surface area contributed by atoms with Gasteiger partial charge in [-0.3, -0.25) is 4.79 Å². The van der Waals surface area contributed by atoms with E-state index in [-0.39, 0.29) is 12.5 Å². The molecule has 9 nitrogen and oxygen atoms in total. The molecule has 1 rings (SSSR count). The molecule has 0 radical (unpaired) electrons. The van der Waals surface area contributed by atoms with Crippen molar-refractivity contribution in [3.05, 3.63) is 60.8 Å². The summed E-state index contributed by atoms with van der Waals surface area (Å²) < 4.78 is 11.2. The second kappa shape index (κ2) is 36.2. The van der Waals surface area contributed by atoms with E-state index in [1.165, 1.54) is 77.0 Å². The number of unbranched alkanes of at least 4 members (excludes halogenated alkanes) is 17. The molecule has 1 heterocycles. The number of hydrogen-bond acceptors (Lipinski definition) is 8. The van der Waals surface area contributed by atoms with Crippen LogP contribution in [0.15, 0.2) is 60.8 Å². The number of carbonyl (C=O) groups is 1. The Hall–Kier alpha value is -2.11. The molecule has 0 bridgehead atoms. The van der Waals surface area contributed by atoms with Crippen LogP contribution >= 0.6 is 0 Å². The van der Waals surface area contributed by atoms with Gasteiger partial charge in [0.1, 0.15) is 24.4 Å². The van der Waals surface area contributed by atoms with E-state index in [2.05, 4.69) is 67.8 Å². The lowest BCUT2D eigenvalue weighted by atomic mass is 9.99. The highest BCUT2D eigenvalue weighted by atomic mass is 16.7. The quantitative estimate of drug-likeness (QED) is 0.0277. The van der Waals surface area contributed by atoms with Crippen molar-refractivity contribution in [2.24, 2.45) is 0 Å². The van der Waals surface area contributed by atoms with E-state index < -0.39 is 49.5 Å². The summed E-state index contributed by atoms with van der Waals surface area (Å²) in [5, 5.41) is 54.0. The van der Waals surface area contributed by atoms with Gasteiger partial charge in [0.15, 0.2) is 6.29 Å². The van der Waals surface area contributed by atoms with Crippen molar-refractivity contribution in [3.63, 3.8) is 0 Å². The first-order valence-corrected chi connectivity index (χ1v) is 22.0. The van der Waals surface area contributed by atoms with Crippen LogP contribution in [0.5, 0.6) is 0 Å². The Morgan fingerprint density at radius 1 is 0.636 bits per heavy atom. The molecule has 6 N–H and O–H groups in total. The maximum Gasteiger partial charge on any atom is 0.220 e. The van der Waals surface area contributed by atoms with Gasteiger partial charge in [0.05, 0.1) is 25.4 Å². The number of aliphatic hydroxyl groups excluding tert-OH is 5. The molecule has 0 aromatic heterocycles. The number of aliphatic hydroxyl groups is 5. The van der Waals surface area contributed by atoms with Crippen LogP contribution in [-0.2, 0) is 14.3 Å². The zero-order chi connectivity index (χ0) is 40.2. The number of allylic oxidation sites excluding steroid dienone is 9. The van der Waals surface area contributed by atoms with Gasteiger partial charge in [-0.25, -0.2) is 0 Å². The minimum absolute atomic E-state index is 0.188. The lowest BCUT2D eigenvalue weighted by Gasteiger charge is -2.40. The summed E-state index contributed by atoms with van der Waals surface area (Å²) in [6.07, 6.45) is 39.9. The molecule has 55 heavy (non-hydrogen) atoms. The molecule has 0 aromatic carbocycles. The largest absolute Gasteiger partial charge is 0.394 e. The van der Waals surface area contributed by atoms with Crippen molar-refractivity contribution in [1.29, 1.82) is 0 Å². The number of hydrogen-bond donors (Lipinski definition) is 6. The average Bonchev–Trinajstić information content (AvgIpc) is 3.18. The Bertz CT molecular complexity index is 1040. The predicted octanol–water partition coefficient (Wildman–Crippen LogP) is 8.83. The topological polar surface area (TPSA) is 149 Å². The molecular weight excluding hydrogens is 695 g/mol. The fourth-order valence-corrected chi connectivity index (χ4v) is 6.56. The highest BCUT2D eigenvalue weighted by molar-refractivity contribution is 5.76. The second-order valence-corrected chi connectivity index (χ2v) is 15.1. The standard InChI is InChI=1S/C46H81NO8/c1-3-5-7-9-11-13-14-15-16-17-18-19-20-21-22-23-24-25-26-28-30-32-34-36-42(50)47-39(40(49)35-33-31-29-27-12-10-8-6-4-2)38-54-46-45(53)44(52)43(51)41(37-48)55-46/h5,7,11,13,15-16,18-19,33,35,39-41,43-46,48-49,51-53H,3-4,6,8-10,12,14,17,20-32,34,36-38H2,1-2H3,(H,47,50)/b7-5-,13-11-,16-15-,19-18-,35-33+. The summed E-state index contributed by atoms with van der Waals surface area (Å²) in [5.74, 6) is -0.188. The van der Waals surface area contributed by atoms with Gasteiger partial charge < -0.3 is 40.3 Å². The number of ether oxygens (including phenoxy) is 2. The Kier molecular flexibility index (Phi) is 33.5. The van der Waals surface area contributed by atoms with Gasteiger partial charge in [0.2, 0.25) is 5.91 Å². The number of rotatable bonds is 35. The fraction of sp³-hybridized carbons (Fsp3) is 0.761. The van der Waals surface area contributed by atoms with E-state index in [1.54, 1.807) is 6.08 Å². The van der Waals surface area contributed by atoms with Gasteiger partial charge in [-0.2, -0.15) is 0 Å². The van der Waals surface area contributed by atoms with E-state index in [9.17, 15) is 30.3 Å². The molecule has 1 amide bonds. The first-order chi connectivity index (χ1) is 26.8. The van der Waals surface area contributed by atoms with Crippen molar-refractivity contribution in [2.45, 2.75) is 211 Å². The third-order valence-corrected chi connectivity index (χ3v) is 10.1. The molecule has 1 saturated heterocycles. The van der Waals surface area contributed by atoms with Gasteiger partial charge in [-0.1, -0.05) is 164 Å². The van der Waals surface area contributed by atoms with Crippen LogP contribution in [0.4, 0.5) is 0 Å². The smallest absolute Gasteiger partial charge is 0.220 e. The zero-order valence-electron chi connectivity index (χ0n) is 34.7. The normalized spacial score (nSPS) is 21.9. The number of amides is 1. The Morgan fingerprint density at radius 2 is 1.13 bits per heavy atom. The molecule has 0 saturated carbocycles. The molecule has 9 heteroatoms. The van der Waals surface area contributed by atoms with Crippen LogP contribution in [0.25, 0.3) is 0 Å². The van der Waals surface area contributed by atoms with Crippen molar-refractivity contribution in [2.75, 3.05) is 13.2 Å². The molecule has 1 aliphatic rings. The Labute approximate surface area is 335 Å². The van der Waals surface area contributed by atoms with Crippen LogP contribution in [0.1, 0.15) is 168 Å². The van der Waals surface area contributed by atoms with Crippen LogP contribution in [0.2, 0.25) is 0 Å². The van der Waals surface area contributed by atoms with Crippen molar-refractivity contribution in [3.8, 4) is 0 Å². The minimum Gasteiger partial charge on any atom is -0.394 e. The van der Waals surface area contributed by atoms with Crippen molar-refractivity contribution >= 4 is 5.91 Å². The Morgan fingerprint density at radius 3 is 1.67 bits per heavy atom. The zero-order valence-corrected chi connectivity index (χ0v) is 34.7. The van der Waals surface area contributed by atoms with Crippen LogP contribution in [-0.4, -0.2) is 87.5 Å². The fourth-order valence-electron chi connectivity index (χ4n) is 6.56. The third kappa shape index (κ3) is 27.2. The van der Waals surface area contributed by atoms with Crippen LogP contribution in [0.3, 0.4) is 0 Å². The van der Waals surface area contributed by atoms with Gasteiger partial charge >= 0.3 is 0 Å². The first-order valence-electron chi connectivity index (χ1n) is 22.0. The summed E-state index contributed by atoms with van der Waals surface area (Å²) in [5.41, 5.74) is 0. The predicted molar refractivity (Wildman–Crippen MR) is 226 cm³/mol. The summed E-state index contributed by atoms with van der Waals surface area (Å²) >= 11 is 0. The molecular formula is C46H81NO8. The average molecular weight is 776 g/mol. The highest BCUT2D eigenvalue weighted by Crippen LogP contribution is 2.22. The number of carbonyl (C=O) groups excluding carboxylic acids is 1. The molecule has 1 aliphatic heterocycles. The second-order valence-electron chi connectivity index (χ2n) is 15.1. The molecule has 7 unspecified atom stereocenters. The summed E-state index contributed by atoms with van der Waals surface area (Å²) in [4.78, 5) is 12.9. The summed E-state index contributed by atoms with van der Waals surface area (Å²) in [6.45, 7) is 3.61. The van der Waals surface area contributed by atoms with Crippen LogP contribution < -0.4 is 5.32 Å². The third-order valence-electron chi connectivity index (χ3n) is 10.1. The minimum atomic E-state index is -1.57.